The zero-order valence-electron chi connectivity index (χ0n) is 12.5. The Morgan fingerprint density at radius 2 is 1.86 bits per heavy atom. The lowest BCUT2D eigenvalue weighted by molar-refractivity contribution is 0.340. The second kappa shape index (κ2) is 6.23. The maximum absolute atomic E-state index is 12.4. The monoisotopic (exact) mass is 316 g/mol. The van der Waals surface area contributed by atoms with Crippen LogP contribution in [0.4, 0.5) is 0 Å². The molecule has 0 aromatic heterocycles. The molecule has 4 nitrogen and oxygen atoms in total. The molecule has 3 rings (SSSR count). The molecule has 1 fully saturated rings. The summed E-state index contributed by atoms with van der Waals surface area (Å²) in [6.45, 7) is 2.58. The molecule has 0 amide bonds. The van der Waals surface area contributed by atoms with Gasteiger partial charge in [0.05, 0.1) is 22.3 Å². The Hall–Kier alpha value is -1.64. The standard InChI is InChI=1S/C17H20N2O2S/c18-11-14-4-3-7-17(10-14)22(20,21)9-8-19-12-15-5-1-2-6-16(15)13-19/h1-4,7,10,15-16H,5-6,8-9,12-13H2/t15-,16+. The third-order valence-corrected chi connectivity index (χ3v) is 6.39. The minimum absolute atomic E-state index is 0.120. The van der Waals surface area contributed by atoms with Crippen LogP contribution in [0.15, 0.2) is 41.3 Å². The summed E-state index contributed by atoms with van der Waals surface area (Å²) in [4.78, 5) is 2.53. The van der Waals surface area contributed by atoms with Gasteiger partial charge in [0, 0.05) is 19.6 Å². The van der Waals surface area contributed by atoms with E-state index in [0.717, 1.165) is 25.9 Å². The molecule has 0 N–H and O–H groups in total. The average Bonchev–Trinajstić information content (AvgIpc) is 2.96. The van der Waals surface area contributed by atoms with Crippen molar-refractivity contribution < 1.29 is 8.42 Å². The van der Waals surface area contributed by atoms with E-state index < -0.39 is 9.84 Å². The van der Waals surface area contributed by atoms with Gasteiger partial charge in [0.25, 0.3) is 0 Å². The summed E-state index contributed by atoms with van der Waals surface area (Å²) in [6.07, 6.45) is 6.74. The third kappa shape index (κ3) is 3.23. The summed E-state index contributed by atoms with van der Waals surface area (Å²) in [5.74, 6) is 1.50. The highest BCUT2D eigenvalue weighted by Gasteiger charge is 2.33. The first-order chi connectivity index (χ1) is 10.6. The summed E-state index contributed by atoms with van der Waals surface area (Å²) in [7, 11) is -3.32. The average molecular weight is 316 g/mol. The molecule has 5 heteroatoms. The number of nitrogens with zero attached hydrogens (tertiary/aromatic N) is 2. The number of allylic oxidation sites excluding steroid dienone is 2. The zero-order chi connectivity index (χ0) is 15.6. The van der Waals surface area contributed by atoms with Crippen LogP contribution in [0.2, 0.25) is 0 Å². The van der Waals surface area contributed by atoms with Gasteiger partial charge in [-0.05, 0) is 42.9 Å². The SMILES string of the molecule is N#Cc1cccc(S(=O)(=O)CCN2C[C@H]3CC=CC[C@H]3C2)c1. The first-order valence-electron chi connectivity index (χ1n) is 7.69. The number of benzene rings is 1. The van der Waals surface area contributed by atoms with Gasteiger partial charge in [0.2, 0.25) is 0 Å². The molecule has 1 aromatic carbocycles. The minimum Gasteiger partial charge on any atom is -0.302 e. The fraction of sp³-hybridized carbons (Fsp3) is 0.471. The maximum Gasteiger partial charge on any atom is 0.179 e. The van der Waals surface area contributed by atoms with Crippen molar-refractivity contribution in [3.05, 3.63) is 42.0 Å². The molecular weight excluding hydrogens is 296 g/mol. The molecule has 0 spiro atoms. The molecule has 0 saturated carbocycles. The molecule has 1 saturated heterocycles. The molecule has 116 valence electrons. The molecule has 22 heavy (non-hydrogen) atoms. The molecule has 1 aliphatic carbocycles. The molecule has 0 bridgehead atoms. The van der Waals surface area contributed by atoms with Crippen LogP contribution >= 0.6 is 0 Å². The van der Waals surface area contributed by atoms with Gasteiger partial charge >= 0.3 is 0 Å². The largest absolute Gasteiger partial charge is 0.302 e. The fourth-order valence-electron chi connectivity index (χ4n) is 3.42. The molecule has 1 aromatic rings. The Balaban J connectivity index is 1.62. The van der Waals surface area contributed by atoms with Crippen LogP contribution in [0, 0.1) is 23.2 Å². The second-order valence-corrected chi connectivity index (χ2v) is 8.29. The Morgan fingerprint density at radius 1 is 1.18 bits per heavy atom. The van der Waals surface area contributed by atoms with E-state index in [0.29, 0.717) is 23.9 Å². The molecule has 1 heterocycles. The number of rotatable bonds is 4. The van der Waals surface area contributed by atoms with E-state index in [1.165, 1.54) is 6.07 Å². The van der Waals surface area contributed by atoms with Crippen molar-refractivity contribution >= 4 is 9.84 Å². The summed E-state index contributed by atoms with van der Waals surface area (Å²) in [5.41, 5.74) is 0.388. The number of hydrogen-bond donors (Lipinski definition) is 0. The summed E-state index contributed by atoms with van der Waals surface area (Å²) in [5, 5.41) is 8.89. The van der Waals surface area contributed by atoms with Crippen LogP contribution in [-0.4, -0.2) is 38.7 Å². The normalized spacial score (nSPS) is 24.9. The van der Waals surface area contributed by atoms with Gasteiger partial charge in [-0.1, -0.05) is 18.2 Å². The summed E-state index contributed by atoms with van der Waals surface area (Å²) >= 11 is 0. The molecule has 0 radical (unpaired) electrons. The summed E-state index contributed by atoms with van der Waals surface area (Å²) in [6, 6.07) is 8.27. The Labute approximate surface area is 132 Å². The second-order valence-electron chi connectivity index (χ2n) is 6.18. The van der Waals surface area contributed by atoms with E-state index >= 15 is 0 Å². The van der Waals surface area contributed by atoms with Crippen molar-refractivity contribution in [2.75, 3.05) is 25.4 Å². The number of sulfone groups is 1. The van der Waals surface area contributed by atoms with Crippen LogP contribution in [0.25, 0.3) is 0 Å². The van der Waals surface area contributed by atoms with E-state index in [4.69, 9.17) is 5.26 Å². The summed E-state index contributed by atoms with van der Waals surface area (Å²) < 4.78 is 24.8. The highest BCUT2D eigenvalue weighted by Crippen LogP contribution is 2.32. The van der Waals surface area contributed by atoms with Gasteiger partial charge < -0.3 is 4.90 Å². The molecule has 2 aliphatic rings. The predicted molar refractivity (Wildman–Crippen MR) is 85.0 cm³/mol. The Kier molecular flexibility index (Phi) is 4.32. The first-order valence-corrected chi connectivity index (χ1v) is 9.34. The molecular formula is C17H20N2O2S. The Morgan fingerprint density at radius 3 is 2.50 bits per heavy atom. The zero-order valence-corrected chi connectivity index (χ0v) is 13.3. The lowest BCUT2D eigenvalue weighted by Gasteiger charge is -2.18. The van der Waals surface area contributed by atoms with E-state index in [9.17, 15) is 8.42 Å². The minimum atomic E-state index is -3.32. The third-order valence-electron chi connectivity index (χ3n) is 4.69. The van der Waals surface area contributed by atoms with Gasteiger partial charge in [-0.2, -0.15) is 5.26 Å². The van der Waals surface area contributed by atoms with Crippen molar-refractivity contribution in [3.63, 3.8) is 0 Å². The topological polar surface area (TPSA) is 61.2 Å². The van der Waals surface area contributed by atoms with E-state index in [1.54, 1.807) is 18.2 Å². The highest BCUT2D eigenvalue weighted by molar-refractivity contribution is 7.91. The van der Waals surface area contributed by atoms with Crippen LogP contribution < -0.4 is 0 Å². The van der Waals surface area contributed by atoms with Gasteiger partial charge in [-0.15, -0.1) is 0 Å². The number of fused-ring (bicyclic) bond motifs is 1. The van der Waals surface area contributed by atoms with Gasteiger partial charge in [0.1, 0.15) is 0 Å². The highest BCUT2D eigenvalue weighted by atomic mass is 32.2. The lowest BCUT2D eigenvalue weighted by Crippen LogP contribution is -2.27. The van der Waals surface area contributed by atoms with Gasteiger partial charge in [-0.3, -0.25) is 0 Å². The van der Waals surface area contributed by atoms with Crippen molar-refractivity contribution in [2.45, 2.75) is 17.7 Å². The van der Waals surface area contributed by atoms with Crippen molar-refractivity contribution in [3.8, 4) is 6.07 Å². The maximum atomic E-state index is 12.4. The van der Waals surface area contributed by atoms with Crippen molar-refractivity contribution in [2.24, 2.45) is 11.8 Å². The Bertz CT molecular complexity index is 702. The van der Waals surface area contributed by atoms with E-state index in [-0.39, 0.29) is 10.6 Å². The van der Waals surface area contributed by atoms with Gasteiger partial charge in [-0.25, -0.2) is 8.42 Å². The van der Waals surface area contributed by atoms with Gasteiger partial charge in [0.15, 0.2) is 9.84 Å². The molecule has 0 unspecified atom stereocenters. The van der Waals surface area contributed by atoms with E-state index in [1.807, 2.05) is 6.07 Å². The van der Waals surface area contributed by atoms with E-state index in [2.05, 4.69) is 17.1 Å². The number of likely N-dealkylation sites (tertiary alicyclic amines) is 1. The number of hydrogen-bond acceptors (Lipinski definition) is 4. The van der Waals surface area contributed by atoms with Crippen molar-refractivity contribution in [1.29, 1.82) is 5.26 Å². The van der Waals surface area contributed by atoms with Crippen LogP contribution in [0.5, 0.6) is 0 Å². The molecule has 2 atom stereocenters. The van der Waals surface area contributed by atoms with Crippen LogP contribution in [0.1, 0.15) is 18.4 Å². The van der Waals surface area contributed by atoms with Crippen LogP contribution in [0.3, 0.4) is 0 Å². The predicted octanol–water partition coefficient (Wildman–Crippen LogP) is 2.23. The molecule has 1 aliphatic heterocycles. The number of nitriles is 1. The fourth-order valence-corrected chi connectivity index (χ4v) is 4.75. The smallest absolute Gasteiger partial charge is 0.179 e. The lowest BCUT2D eigenvalue weighted by atomic mass is 9.86. The first kappa shape index (κ1) is 15.3. The van der Waals surface area contributed by atoms with Crippen LogP contribution in [-0.2, 0) is 9.84 Å². The van der Waals surface area contributed by atoms with Crippen molar-refractivity contribution in [1.82, 2.24) is 4.90 Å². The quantitative estimate of drug-likeness (QED) is 0.799.